The summed E-state index contributed by atoms with van der Waals surface area (Å²) >= 11 is 0. The Hall–Kier alpha value is -2.44. The van der Waals surface area contributed by atoms with Crippen molar-refractivity contribution in [2.24, 2.45) is 0 Å². The lowest BCUT2D eigenvalue weighted by atomic mass is 9.79. The molecule has 0 aliphatic carbocycles. The molecule has 208 valence electrons. The molecule has 3 N–H and O–H groups in total. The van der Waals surface area contributed by atoms with Gasteiger partial charge in [0.25, 0.3) is 0 Å². The Balaban J connectivity index is 1.51. The van der Waals surface area contributed by atoms with Crippen LogP contribution in [0.4, 0.5) is 4.79 Å². The minimum Gasteiger partial charge on any atom is -0.453 e. The van der Waals surface area contributed by atoms with E-state index in [1.165, 1.54) is 7.11 Å². The summed E-state index contributed by atoms with van der Waals surface area (Å²) in [5.41, 5.74) is 2.06. The van der Waals surface area contributed by atoms with Crippen molar-refractivity contribution in [1.29, 1.82) is 0 Å². The Labute approximate surface area is 225 Å². The van der Waals surface area contributed by atoms with E-state index in [9.17, 15) is 9.90 Å². The monoisotopic (exact) mass is 528 g/mol. The summed E-state index contributed by atoms with van der Waals surface area (Å²) in [5.74, 6) is 0.774. The van der Waals surface area contributed by atoms with E-state index < -0.39 is 42.8 Å². The van der Waals surface area contributed by atoms with E-state index in [1.807, 2.05) is 63.1 Å². The van der Waals surface area contributed by atoms with Gasteiger partial charge in [-0.1, -0.05) is 30.7 Å². The maximum atomic E-state index is 12.0. The number of nitrogens with zero attached hydrogens (tertiary/aromatic N) is 2. The van der Waals surface area contributed by atoms with E-state index in [0.29, 0.717) is 6.54 Å². The van der Waals surface area contributed by atoms with Gasteiger partial charge in [0.2, 0.25) is 0 Å². The average Bonchev–Trinajstić information content (AvgIpc) is 3.48. The van der Waals surface area contributed by atoms with Crippen LogP contribution in [0.15, 0.2) is 30.5 Å². The van der Waals surface area contributed by atoms with Gasteiger partial charge < -0.3 is 34.2 Å². The Morgan fingerprint density at radius 1 is 1.18 bits per heavy atom. The second-order valence-electron chi connectivity index (χ2n) is 11.2. The maximum absolute atomic E-state index is 12.0. The van der Waals surface area contributed by atoms with E-state index in [4.69, 9.17) is 18.8 Å². The molecule has 1 aromatic heterocycles. The molecule has 0 bridgehead atoms. The van der Waals surface area contributed by atoms with Crippen LogP contribution < -0.4 is 10.8 Å². The molecule has 2 aliphatic heterocycles. The number of alkyl carbamates (subject to hydrolysis) is 1. The van der Waals surface area contributed by atoms with Gasteiger partial charge in [-0.3, -0.25) is 4.90 Å². The van der Waals surface area contributed by atoms with E-state index in [-0.39, 0.29) is 6.04 Å². The largest absolute Gasteiger partial charge is 0.494 e. The maximum Gasteiger partial charge on any atom is 0.494 e. The summed E-state index contributed by atoms with van der Waals surface area (Å²) in [5, 5.41) is 14.1. The topological polar surface area (TPSA) is 118 Å². The third-order valence-electron chi connectivity index (χ3n) is 8.21. The highest BCUT2D eigenvalue weighted by atomic mass is 16.7. The third-order valence-corrected chi connectivity index (χ3v) is 8.21. The molecule has 0 saturated carbocycles. The SMILES string of the molecule is COC(=O)N[C@H](C(O)N1CCCC[C@H]1c1ncc(-c2ccc(B3OC(C)(C)C(C)(C)O3)cc2)[nH]1)[C@@H](C)OC. The van der Waals surface area contributed by atoms with Crippen molar-refractivity contribution < 1.29 is 28.7 Å². The molecule has 2 fully saturated rings. The summed E-state index contributed by atoms with van der Waals surface area (Å²) in [4.78, 5) is 22.1. The number of aromatic nitrogens is 2. The van der Waals surface area contributed by atoms with Crippen molar-refractivity contribution in [3.63, 3.8) is 0 Å². The van der Waals surface area contributed by atoms with Gasteiger partial charge in [-0.15, -0.1) is 0 Å². The number of methoxy groups -OCH3 is 2. The summed E-state index contributed by atoms with van der Waals surface area (Å²) in [6, 6.07) is 7.28. The first-order chi connectivity index (χ1) is 18.0. The number of H-pyrrole nitrogens is 1. The summed E-state index contributed by atoms with van der Waals surface area (Å²) in [7, 11) is 2.43. The molecule has 4 rings (SSSR count). The van der Waals surface area contributed by atoms with Crippen LogP contribution in [0.1, 0.15) is 65.7 Å². The number of aromatic amines is 1. The van der Waals surface area contributed by atoms with Gasteiger partial charge in [0.05, 0.1) is 48.4 Å². The van der Waals surface area contributed by atoms with Gasteiger partial charge in [-0.2, -0.15) is 0 Å². The third kappa shape index (κ3) is 5.77. The molecule has 0 radical (unpaired) electrons. The van der Waals surface area contributed by atoms with Gasteiger partial charge in [0.15, 0.2) is 0 Å². The zero-order valence-corrected chi connectivity index (χ0v) is 23.5. The van der Waals surface area contributed by atoms with Gasteiger partial charge in [0, 0.05) is 13.7 Å². The number of piperidine rings is 1. The molecule has 3 heterocycles. The van der Waals surface area contributed by atoms with Crippen LogP contribution in [0.5, 0.6) is 0 Å². The fraction of sp³-hybridized carbons (Fsp3) is 0.630. The normalized spacial score (nSPS) is 23.6. The second kappa shape index (κ2) is 11.4. The van der Waals surface area contributed by atoms with Gasteiger partial charge in [0.1, 0.15) is 12.1 Å². The van der Waals surface area contributed by atoms with Crippen LogP contribution in [-0.4, -0.2) is 83.5 Å². The summed E-state index contributed by atoms with van der Waals surface area (Å²) < 4.78 is 22.6. The van der Waals surface area contributed by atoms with Gasteiger partial charge >= 0.3 is 13.2 Å². The van der Waals surface area contributed by atoms with Crippen molar-refractivity contribution in [1.82, 2.24) is 20.2 Å². The number of carbonyl (C=O) groups is 1. The molecule has 4 atom stereocenters. The molecule has 1 aromatic carbocycles. The number of rotatable bonds is 8. The van der Waals surface area contributed by atoms with Crippen LogP contribution in [0, 0.1) is 0 Å². The highest BCUT2D eigenvalue weighted by Gasteiger charge is 2.51. The van der Waals surface area contributed by atoms with Crippen molar-refractivity contribution in [3.8, 4) is 11.3 Å². The van der Waals surface area contributed by atoms with Crippen LogP contribution in [0.25, 0.3) is 11.3 Å². The first-order valence-electron chi connectivity index (χ1n) is 13.3. The number of amides is 1. The Morgan fingerprint density at radius 2 is 1.84 bits per heavy atom. The zero-order chi connectivity index (χ0) is 27.7. The first-order valence-corrected chi connectivity index (χ1v) is 13.3. The van der Waals surface area contributed by atoms with Crippen molar-refractivity contribution in [2.75, 3.05) is 20.8 Å². The first kappa shape index (κ1) is 28.6. The molecular formula is C27H41BN4O6. The molecule has 2 aromatic rings. The molecule has 10 nitrogen and oxygen atoms in total. The average molecular weight is 528 g/mol. The van der Waals surface area contributed by atoms with Crippen LogP contribution in [0.3, 0.4) is 0 Å². The number of likely N-dealkylation sites (tertiary alicyclic amines) is 1. The Morgan fingerprint density at radius 3 is 2.45 bits per heavy atom. The van der Waals surface area contributed by atoms with E-state index in [1.54, 1.807) is 14.0 Å². The fourth-order valence-electron chi connectivity index (χ4n) is 5.00. The molecule has 2 aliphatic rings. The van der Waals surface area contributed by atoms with Gasteiger partial charge in [-0.25, -0.2) is 9.78 Å². The number of nitrogens with one attached hydrogen (secondary N) is 2. The van der Waals surface area contributed by atoms with Crippen LogP contribution in [0.2, 0.25) is 0 Å². The van der Waals surface area contributed by atoms with Crippen molar-refractivity contribution in [2.45, 2.75) is 89.5 Å². The molecule has 11 heteroatoms. The number of hydrogen-bond donors (Lipinski definition) is 3. The number of hydrogen-bond acceptors (Lipinski definition) is 8. The number of aliphatic hydroxyl groups is 1. The number of ether oxygens (including phenoxy) is 2. The molecule has 38 heavy (non-hydrogen) atoms. The number of aliphatic hydroxyl groups excluding tert-OH is 1. The Bertz CT molecular complexity index is 1080. The molecule has 1 amide bonds. The van der Waals surface area contributed by atoms with Crippen molar-refractivity contribution >= 4 is 18.7 Å². The number of carbonyl (C=O) groups excluding carboxylic acids is 1. The van der Waals surface area contributed by atoms with E-state index in [2.05, 4.69) is 15.3 Å². The quantitative estimate of drug-likeness (QED) is 0.448. The standard InChI is InChI=1S/C27H41BN4O6/c1-17(35-6)22(31-25(34)36-7)24(33)32-15-9-8-10-21(32)23-29-16-20(30-23)18-11-13-19(14-12-18)28-37-26(2,3)27(4,5)38-28/h11-14,16-17,21-22,24,33H,8-10,15H2,1-7H3,(H,29,30)(H,31,34)/t17-,21+,22+,24?/m1/s1. The number of benzene rings is 1. The van der Waals surface area contributed by atoms with E-state index in [0.717, 1.165) is 41.8 Å². The zero-order valence-electron chi connectivity index (χ0n) is 23.5. The van der Waals surface area contributed by atoms with Crippen LogP contribution >= 0.6 is 0 Å². The predicted octanol–water partition coefficient (Wildman–Crippen LogP) is 2.98. The molecule has 0 spiro atoms. The van der Waals surface area contributed by atoms with Crippen molar-refractivity contribution in [3.05, 3.63) is 36.3 Å². The van der Waals surface area contributed by atoms with Crippen LogP contribution in [-0.2, 0) is 18.8 Å². The molecular weight excluding hydrogens is 487 g/mol. The summed E-state index contributed by atoms with van der Waals surface area (Å²) in [6.07, 6.45) is 2.58. The molecule has 2 saturated heterocycles. The fourth-order valence-corrected chi connectivity index (χ4v) is 5.00. The Kier molecular flexibility index (Phi) is 8.54. The summed E-state index contributed by atoms with van der Waals surface area (Å²) in [6.45, 7) is 10.7. The number of imidazole rings is 1. The smallest absolute Gasteiger partial charge is 0.453 e. The lowest BCUT2D eigenvalue weighted by molar-refractivity contribution is -0.0923. The van der Waals surface area contributed by atoms with E-state index >= 15 is 0 Å². The lowest BCUT2D eigenvalue weighted by Gasteiger charge is -2.42. The highest BCUT2D eigenvalue weighted by Crippen LogP contribution is 2.37. The predicted molar refractivity (Wildman–Crippen MR) is 145 cm³/mol. The second-order valence-corrected chi connectivity index (χ2v) is 11.2. The van der Waals surface area contributed by atoms with Gasteiger partial charge in [-0.05, 0) is 58.5 Å². The highest BCUT2D eigenvalue weighted by molar-refractivity contribution is 6.62. The lowest BCUT2D eigenvalue weighted by Crippen LogP contribution is -2.58. The minimum atomic E-state index is -0.984. The molecule has 1 unspecified atom stereocenters. The minimum absolute atomic E-state index is 0.137.